The molecule has 0 saturated carbocycles. The Morgan fingerprint density at radius 1 is 1.09 bits per heavy atom. The monoisotopic (exact) mass is 507 g/mol. The molecule has 0 unspecified atom stereocenters. The summed E-state index contributed by atoms with van der Waals surface area (Å²) >= 11 is 1.24. The Balaban J connectivity index is 1.30. The standard InChI is InChI=1S/C23H28F3N7OS/c1-31-12-14-33(15-13-31)11-3-10-27-21(34)30-22-28-18-8-9-19(29-20(18)35-22)32(2)17-6-4-16(5-7-17)23(24,25)26/h4-9H,3,10-15H2,1-2H3,(H2,27,28,30,34). The molecule has 2 amide bonds. The maximum atomic E-state index is 12.8. The predicted molar refractivity (Wildman–Crippen MR) is 132 cm³/mol. The summed E-state index contributed by atoms with van der Waals surface area (Å²) in [4.78, 5) is 28.2. The van der Waals surface area contributed by atoms with Crippen LogP contribution in [0.4, 0.5) is 34.6 Å². The van der Waals surface area contributed by atoms with Gasteiger partial charge in [0.15, 0.2) is 5.13 Å². The van der Waals surface area contributed by atoms with E-state index in [1.165, 1.54) is 23.5 Å². The number of nitrogens with one attached hydrogen (secondary N) is 2. The average Bonchev–Trinajstić information content (AvgIpc) is 3.23. The van der Waals surface area contributed by atoms with E-state index in [-0.39, 0.29) is 6.03 Å². The number of carbonyl (C=O) groups is 1. The van der Waals surface area contributed by atoms with Gasteiger partial charge in [-0.15, -0.1) is 0 Å². The molecule has 1 saturated heterocycles. The molecule has 2 aromatic heterocycles. The molecule has 2 N–H and O–H groups in total. The number of thiazole rings is 1. The number of carbonyl (C=O) groups excluding carboxylic acids is 1. The molecule has 0 spiro atoms. The summed E-state index contributed by atoms with van der Waals surface area (Å²) in [7, 11) is 3.85. The number of nitrogens with zero attached hydrogens (tertiary/aromatic N) is 5. The number of anilines is 3. The minimum atomic E-state index is -4.38. The number of likely N-dealkylation sites (N-methyl/N-ethyl adjacent to an activating group) is 1. The maximum Gasteiger partial charge on any atom is 0.416 e. The summed E-state index contributed by atoms with van der Waals surface area (Å²) in [6.07, 6.45) is -3.50. The Morgan fingerprint density at radius 2 is 1.80 bits per heavy atom. The van der Waals surface area contributed by atoms with Gasteiger partial charge in [0.05, 0.1) is 5.56 Å². The minimum absolute atomic E-state index is 0.315. The van der Waals surface area contributed by atoms with Gasteiger partial charge in [-0.1, -0.05) is 11.3 Å². The Kier molecular flexibility index (Phi) is 7.72. The first-order chi connectivity index (χ1) is 16.7. The first-order valence-corrected chi connectivity index (χ1v) is 12.1. The van der Waals surface area contributed by atoms with E-state index in [1.807, 2.05) is 0 Å². The van der Waals surface area contributed by atoms with Gasteiger partial charge in [0.2, 0.25) is 0 Å². The number of halogens is 3. The quantitative estimate of drug-likeness (QED) is 0.466. The lowest BCUT2D eigenvalue weighted by Crippen LogP contribution is -2.45. The van der Waals surface area contributed by atoms with E-state index in [0.29, 0.717) is 33.5 Å². The predicted octanol–water partition coefficient (Wildman–Crippen LogP) is 4.24. The second kappa shape index (κ2) is 10.8. The highest BCUT2D eigenvalue weighted by atomic mass is 32.1. The van der Waals surface area contributed by atoms with Crippen LogP contribution in [0.3, 0.4) is 0 Å². The van der Waals surface area contributed by atoms with Crippen molar-refractivity contribution in [3.05, 3.63) is 42.0 Å². The van der Waals surface area contributed by atoms with Gasteiger partial charge in [0, 0.05) is 45.5 Å². The number of amides is 2. The van der Waals surface area contributed by atoms with Gasteiger partial charge in [-0.25, -0.2) is 14.8 Å². The van der Waals surface area contributed by atoms with Crippen LogP contribution >= 0.6 is 11.3 Å². The SMILES string of the molecule is CN1CCN(CCCNC(=O)Nc2nc3ccc(N(C)c4ccc(C(F)(F)F)cc4)nc3s2)CC1. The summed E-state index contributed by atoms with van der Waals surface area (Å²) in [5, 5.41) is 6.04. The fraction of sp³-hybridized carbons (Fsp3) is 0.435. The summed E-state index contributed by atoms with van der Waals surface area (Å²) in [5.41, 5.74) is 0.502. The van der Waals surface area contributed by atoms with E-state index >= 15 is 0 Å². The molecular formula is C23H28F3N7OS. The van der Waals surface area contributed by atoms with Crippen molar-refractivity contribution in [2.45, 2.75) is 12.6 Å². The van der Waals surface area contributed by atoms with Crippen LogP contribution in [-0.2, 0) is 6.18 Å². The smallest absolute Gasteiger partial charge is 0.338 e. The fourth-order valence-corrected chi connectivity index (χ4v) is 4.60. The molecule has 1 fully saturated rings. The lowest BCUT2D eigenvalue weighted by atomic mass is 10.2. The van der Waals surface area contributed by atoms with Crippen LogP contribution in [0.25, 0.3) is 10.3 Å². The van der Waals surface area contributed by atoms with E-state index in [9.17, 15) is 18.0 Å². The maximum absolute atomic E-state index is 12.8. The van der Waals surface area contributed by atoms with Crippen LogP contribution in [0.1, 0.15) is 12.0 Å². The van der Waals surface area contributed by atoms with Crippen molar-refractivity contribution in [2.24, 2.45) is 0 Å². The van der Waals surface area contributed by atoms with Gasteiger partial charge in [-0.2, -0.15) is 13.2 Å². The minimum Gasteiger partial charge on any atom is -0.338 e. The molecule has 0 atom stereocenters. The molecule has 0 aliphatic carbocycles. The molecule has 4 rings (SSSR count). The van der Waals surface area contributed by atoms with E-state index in [0.717, 1.165) is 51.3 Å². The van der Waals surface area contributed by atoms with E-state index in [2.05, 4.69) is 37.4 Å². The molecule has 1 aliphatic heterocycles. The Bertz CT molecular complexity index is 1140. The number of rotatable bonds is 7. The normalized spacial score (nSPS) is 15.3. The van der Waals surface area contributed by atoms with Crippen LogP contribution in [-0.4, -0.2) is 79.2 Å². The van der Waals surface area contributed by atoms with Crippen molar-refractivity contribution >= 4 is 44.4 Å². The Morgan fingerprint density at radius 3 is 2.49 bits per heavy atom. The summed E-state index contributed by atoms with van der Waals surface area (Å²) in [5.74, 6) is 0.556. The van der Waals surface area contributed by atoms with Crippen LogP contribution in [0, 0.1) is 0 Å². The Hall–Kier alpha value is -2.96. The molecular weight excluding hydrogens is 479 g/mol. The number of alkyl halides is 3. The van der Waals surface area contributed by atoms with Gasteiger partial charge >= 0.3 is 12.2 Å². The van der Waals surface area contributed by atoms with Crippen LogP contribution in [0.2, 0.25) is 0 Å². The molecule has 0 bridgehead atoms. The zero-order chi connectivity index (χ0) is 25.0. The lowest BCUT2D eigenvalue weighted by molar-refractivity contribution is -0.137. The third kappa shape index (κ3) is 6.59. The molecule has 188 valence electrons. The van der Waals surface area contributed by atoms with E-state index < -0.39 is 11.7 Å². The highest BCUT2D eigenvalue weighted by molar-refractivity contribution is 7.22. The second-order valence-electron chi connectivity index (χ2n) is 8.50. The van der Waals surface area contributed by atoms with Gasteiger partial charge in [-0.05, 0) is 56.4 Å². The van der Waals surface area contributed by atoms with Crippen molar-refractivity contribution in [2.75, 3.05) is 63.6 Å². The van der Waals surface area contributed by atoms with Crippen molar-refractivity contribution in [1.29, 1.82) is 0 Å². The van der Waals surface area contributed by atoms with Crippen molar-refractivity contribution < 1.29 is 18.0 Å². The third-order valence-corrected chi connectivity index (χ3v) is 6.80. The second-order valence-corrected chi connectivity index (χ2v) is 9.47. The van der Waals surface area contributed by atoms with Gasteiger partial charge in [-0.3, -0.25) is 5.32 Å². The van der Waals surface area contributed by atoms with Crippen LogP contribution in [0.15, 0.2) is 36.4 Å². The van der Waals surface area contributed by atoms with Crippen molar-refractivity contribution in [3.8, 4) is 0 Å². The number of piperazine rings is 1. The number of hydrogen-bond donors (Lipinski definition) is 2. The summed E-state index contributed by atoms with van der Waals surface area (Å²) in [6, 6.07) is 8.09. The fourth-order valence-electron chi connectivity index (χ4n) is 3.77. The first-order valence-electron chi connectivity index (χ1n) is 11.3. The summed E-state index contributed by atoms with van der Waals surface area (Å²) in [6.45, 7) is 5.77. The number of urea groups is 1. The summed E-state index contributed by atoms with van der Waals surface area (Å²) < 4.78 is 38.5. The number of pyridine rings is 1. The zero-order valence-electron chi connectivity index (χ0n) is 19.6. The van der Waals surface area contributed by atoms with Crippen molar-refractivity contribution in [3.63, 3.8) is 0 Å². The first kappa shape index (κ1) is 25.1. The van der Waals surface area contributed by atoms with Gasteiger partial charge in [0.25, 0.3) is 0 Å². The topological polar surface area (TPSA) is 76.6 Å². The molecule has 3 aromatic rings. The van der Waals surface area contributed by atoms with Crippen molar-refractivity contribution in [1.82, 2.24) is 25.1 Å². The number of aromatic nitrogens is 2. The molecule has 8 nitrogen and oxygen atoms in total. The largest absolute Gasteiger partial charge is 0.416 e. The highest BCUT2D eigenvalue weighted by Gasteiger charge is 2.30. The van der Waals surface area contributed by atoms with Crippen LogP contribution in [0.5, 0.6) is 0 Å². The highest BCUT2D eigenvalue weighted by Crippen LogP contribution is 2.32. The molecule has 0 radical (unpaired) electrons. The molecule has 1 aromatic carbocycles. The lowest BCUT2D eigenvalue weighted by Gasteiger charge is -2.32. The molecule has 3 heterocycles. The molecule has 35 heavy (non-hydrogen) atoms. The average molecular weight is 508 g/mol. The van der Waals surface area contributed by atoms with E-state index in [1.54, 1.807) is 24.1 Å². The third-order valence-electron chi connectivity index (χ3n) is 5.92. The van der Waals surface area contributed by atoms with Gasteiger partial charge < -0.3 is 20.0 Å². The number of benzene rings is 1. The number of hydrogen-bond acceptors (Lipinski definition) is 7. The Labute approximate surface area is 205 Å². The number of fused-ring (bicyclic) bond motifs is 1. The molecule has 1 aliphatic rings. The van der Waals surface area contributed by atoms with E-state index in [4.69, 9.17) is 0 Å². The van der Waals surface area contributed by atoms with Gasteiger partial charge in [0.1, 0.15) is 16.2 Å². The molecule has 12 heteroatoms. The zero-order valence-corrected chi connectivity index (χ0v) is 20.4. The van der Waals surface area contributed by atoms with Crippen LogP contribution < -0.4 is 15.5 Å².